The van der Waals surface area contributed by atoms with Crippen molar-refractivity contribution < 1.29 is 17.0 Å². The van der Waals surface area contributed by atoms with Gasteiger partial charge in [-0.1, -0.05) is 11.6 Å². The molecular formula is C8H5ClFNO3S2. The van der Waals surface area contributed by atoms with Crippen LogP contribution in [0.2, 0.25) is 5.02 Å². The maximum Gasteiger partial charge on any atom is 0.306 e. The molecule has 4 nitrogen and oxygen atoms in total. The summed E-state index contributed by atoms with van der Waals surface area (Å²) in [5, 5.41) is 1.78. The SMILES string of the molecule is CS(=O)(=O)Oc1cc(N=C=S)c(F)cc1Cl. The fourth-order valence-electron chi connectivity index (χ4n) is 0.880. The van der Waals surface area contributed by atoms with E-state index in [1.54, 1.807) is 0 Å². The van der Waals surface area contributed by atoms with Crippen molar-refractivity contribution in [3.8, 4) is 5.75 Å². The lowest BCUT2D eigenvalue weighted by Crippen LogP contribution is -2.06. The molecule has 0 N–H and O–H groups in total. The first-order valence-corrected chi connectivity index (χ1v) is 6.40. The molecule has 86 valence electrons. The van der Waals surface area contributed by atoms with Gasteiger partial charge in [0.2, 0.25) is 0 Å². The minimum absolute atomic E-state index is 0.175. The van der Waals surface area contributed by atoms with Crippen molar-refractivity contribution in [2.45, 2.75) is 0 Å². The summed E-state index contributed by atoms with van der Waals surface area (Å²) in [7, 11) is -3.74. The fraction of sp³-hybridized carbons (Fsp3) is 0.125. The minimum Gasteiger partial charge on any atom is -0.381 e. The van der Waals surface area contributed by atoms with Gasteiger partial charge in [0, 0.05) is 6.07 Å². The number of rotatable bonds is 3. The lowest BCUT2D eigenvalue weighted by Gasteiger charge is -2.06. The van der Waals surface area contributed by atoms with Gasteiger partial charge in [-0.05, 0) is 18.3 Å². The number of halogens is 2. The summed E-state index contributed by atoms with van der Waals surface area (Å²) in [4.78, 5) is 3.39. The molecule has 1 aromatic rings. The average Bonchev–Trinajstić information content (AvgIpc) is 2.11. The van der Waals surface area contributed by atoms with Gasteiger partial charge in [-0.15, -0.1) is 0 Å². The third-order valence-corrected chi connectivity index (χ3v) is 2.28. The molecule has 0 spiro atoms. The summed E-state index contributed by atoms with van der Waals surface area (Å²) in [5.41, 5.74) is -0.196. The van der Waals surface area contributed by atoms with E-state index < -0.39 is 15.9 Å². The molecule has 0 unspecified atom stereocenters. The molecule has 0 aliphatic rings. The Morgan fingerprint density at radius 2 is 2.19 bits per heavy atom. The van der Waals surface area contributed by atoms with Crippen molar-refractivity contribution in [3.05, 3.63) is 23.0 Å². The Morgan fingerprint density at radius 3 is 2.69 bits per heavy atom. The molecule has 0 bridgehead atoms. The predicted molar refractivity (Wildman–Crippen MR) is 61.6 cm³/mol. The smallest absolute Gasteiger partial charge is 0.306 e. The molecule has 0 fully saturated rings. The number of aliphatic imine (C=N–C) groups is 1. The molecule has 1 aromatic carbocycles. The van der Waals surface area contributed by atoms with Crippen LogP contribution in [0.5, 0.6) is 5.75 Å². The Morgan fingerprint density at radius 1 is 1.56 bits per heavy atom. The summed E-state index contributed by atoms with van der Waals surface area (Å²) in [6.07, 6.45) is 0.842. The molecule has 0 aromatic heterocycles. The van der Waals surface area contributed by atoms with Crippen molar-refractivity contribution >= 4 is 44.8 Å². The Bertz CT molecular complexity index is 567. The number of nitrogens with zero attached hydrogens (tertiary/aromatic N) is 1. The second kappa shape index (κ2) is 4.88. The molecule has 0 amide bonds. The van der Waals surface area contributed by atoms with Gasteiger partial charge >= 0.3 is 10.1 Å². The number of isothiocyanates is 1. The molecule has 1 rings (SSSR count). The van der Waals surface area contributed by atoms with Gasteiger partial charge in [0.25, 0.3) is 0 Å². The standard InChI is InChI=1S/C8H5ClFNO3S2/c1-16(12,13)14-8-3-7(11-4-15)6(10)2-5(8)9/h2-3H,1H3. The van der Waals surface area contributed by atoms with Crippen molar-refractivity contribution in [2.24, 2.45) is 4.99 Å². The molecule has 0 aliphatic carbocycles. The first-order valence-electron chi connectivity index (χ1n) is 3.80. The van der Waals surface area contributed by atoms with Crippen molar-refractivity contribution in [1.82, 2.24) is 0 Å². The van der Waals surface area contributed by atoms with Crippen LogP contribution in [0.4, 0.5) is 10.1 Å². The summed E-state index contributed by atoms with van der Waals surface area (Å²) in [5.74, 6) is -0.960. The summed E-state index contributed by atoms with van der Waals surface area (Å²) >= 11 is 9.89. The van der Waals surface area contributed by atoms with Crippen LogP contribution in [0.3, 0.4) is 0 Å². The molecule has 0 radical (unpaired) electrons. The van der Waals surface area contributed by atoms with E-state index in [-0.39, 0.29) is 16.5 Å². The largest absolute Gasteiger partial charge is 0.381 e. The molecular weight excluding hydrogens is 277 g/mol. The van der Waals surface area contributed by atoms with Crippen LogP contribution >= 0.6 is 23.8 Å². The van der Waals surface area contributed by atoms with Gasteiger partial charge < -0.3 is 4.18 Å². The summed E-state index contributed by atoms with van der Waals surface area (Å²) in [6, 6.07) is 1.91. The fourth-order valence-corrected chi connectivity index (χ4v) is 1.68. The van der Waals surface area contributed by atoms with Crippen LogP contribution < -0.4 is 4.18 Å². The van der Waals surface area contributed by atoms with E-state index in [9.17, 15) is 12.8 Å². The van der Waals surface area contributed by atoms with Crippen LogP contribution in [0.1, 0.15) is 0 Å². The van der Waals surface area contributed by atoms with E-state index >= 15 is 0 Å². The van der Waals surface area contributed by atoms with E-state index in [4.69, 9.17) is 11.6 Å². The van der Waals surface area contributed by atoms with Crippen molar-refractivity contribution in [3.63, 3.8) is 0 Å². The monoisotopic (exact) mass is 281 g/mol. The molecule has 8 heteroatoms. The first-order chi connectivity index (χ1) is 7.33. The number of benzene rings is 1. The molecule has 0 atom stereocenters. The Hall–Kier alpha value is -1.01. The van der Waals surface area contributed by atoms with Crippen LogP contribution in [-0.2, 0) is 10.1 Å². The van der Waals surface area contributed by atoms with E-state index in [2.05, 4.69) is 21.4 Å². The van der Waals surface area contributed by atoms with Crippen molar-refractivity contribution in [1.29, 1.82) is 0 Å². The van der Waals surface area contributed by atoms with Crippen molar-refractivity contribution in [2.75, 3.05) is 6.26 Å². The van der Waals surface area contributed by atoms with E-state index in [1.165, 1.54) is 0 Å². The Balaban J connectivity index is 3.30. The van der Waals surface area contributed by atoms with Gasteiger partial charge in [0.15, 0.2) is 11.6 Å². The molecule has 0 saturated heterocycles. The highest BCUT2D eigenvalue weighted by molar-refractivity contribution is 7.86. The van der Waals surface area contributed by atoms with Crippen LogP contribution in [-0.4, -0.2) is 19.8 Å². The van der Waals surface area contributed by atoms with Gasteiger partial charge in [-0.3, -0.25) is 0 Å². The van der Waals surface area contributed by atoms with Gasteiger partial charge in [0.05, 0.1) is 16.4 Å². The highest BCUT2D eigenvalue weighted by Gasteiger charge is 2.13. The maximum absolute atomic E-state index is 13.2. The van der Waals surface area contributed by atoms with Crippen LogP contribution in [0.25, 0.3) is 0 Å². The number of thiocarbonyl (C=S) groups is 1. The minimum atomic E-state index is -3.74. The zero-order valence-corrected chi connectivity index (χ0v) is 10.3. The zero-order chi connectivity index (χ0) is 12.3. The zero-order valence-electron chi connectivity index (χ0n) is 7.90. The normalized spacial score (nSPS) is 10.7. The molecule has 0 aliphatic heterocycles. The van der Waals surface area contributed by atoms with Gasteiger partial charge in [0.1, 0.15) is 5.69 Å². The lowest BCUT2D eigenvalue weighted by molar-refractivity contribution is 0.492. The second-order valence-electron chi connectivity index (χ2n) is 2.72. The highest BCUT2D eigenvalue weighted by Crippen LogP contribution is 2.32. The third kappa shape index (κ3) is 3.53. The molecule has 0 heterocycles. The lowest BCUT2D eigenvalue weighted by atomic mass is 10.3. The quantitative estimate of drug-likeness (QED) is 0.485. The summed E-state index contributed by atoms with van der Waals surface area (Å²) < 4.78 is 39.4. The maximum atomic E-state index is 13.2. The Labute approximate surface area is 102 Å². The number of hydrogen-bond donors (Lipinski definition) is 0. The van der Waals surface area contributed by atoms with E-state index in [0.29, 0.717) is 0 Å². The third-order valence-electron chi connectivity index (χ3n) is 1.41. The van der Waals surface area contributed by atoms with Gasteiger partial charge in [-0.25, -0.2) is 4.39 Å². The predicted octanol–water partition coefficient (Wildman–Crippen LogP) is 2.55. The van der Waals surface area contributed by atoms with E-state index in [0.717, 1.165) is 18.4 Å². The highest BCUT2D eigenvalue weighted by atomic mass is 35.5. The van der Waals surface area contributed by atoms with Crippen LogP contribution in [0.15, 0.2) is 17.1 Å². The average molecular weight is 282 g/mol. The summed E-state index contributed by atoms with van der Waals surface area (Å²) in [6.45, 7) is 0. The number of hydrogen-bond acceptors (Lipinski definition) is 5. The molecule has 0 saturated carbocycles. The van der Waals surface area contributed by atoms with Gasteiger partial charge in [-0.2, -0.15) is 13.4 Å². The topological polar surface area (TPSA) is 55.7 Å². The Kier molecular flexibility index (Phi) is 3.98. The van der Waals surface area contributed by atoms with Crippen LogP contribution in [0, 0.1) is 5.82 Å². The first kappa shape index (κ1) is 13.1. The second-order valence-corrected chi connectivity index (χ2v) is 4.89. The molecule has 16 heavy (non-hydrogen) atoms. The van der Waals surface area contributed by atoms with E-state index in [1.807, 2.05) is 5.16 Å².